The molecule has 6 aliphatic heterocycles. The Kier molecular flexibility index (Phi) is 27.4. The van der Waals surface area contributed by atoms with Crippen molar-refractivity contribution in [3.05, 3.63) is 93.0 Å². The number of halogens is 2. The normalized spacial score (nSPS) is 31.7. The molecule has 30 heteroatoms. The summed E-state index contributed by atoms with van der Waals surface area (Å²) in [4.78, 5) is 118. The van der Waals surface area contributed by atoms with Gasteiger partial charge in [0, 0.05) is 89.4 Å². The van der Waals surface area contributed by atoms with Gasteiger partial charge in [-0.15, -0.1) is 0 Å². The van der Waals surface area contributed by atoms with E-state index in [1.807, 2.05) is 53.7 Å². The number of rotatable bonds is 19. The molecule has 16 atom stereocenters. The number of likely N-dealkylation sites (N-methyl/N-ethyl adjacent to an activating group) is 2. The van der Waals surface area contributed by atoms with E-state index in [9.17, 15) is 48.6 Å². The van der Waals surface area contributed by atoms with E-state index < -0.39 is 154 Å². The van der Waals surface area contributed by atoms with Crippen LogP contribution >= 0.6 is 44.8 Å². The number of allylic oxidation sites excluding steroid dienone is 6. The number of ether oxygens (including phenoxy) is 10. The highest BCUT2D eigenvalue weighted by Crippen LogP contribution is 2.52. The van der Waals surface area contributed by atoms with E-state index in [0.717, 1.165) is 22.3 Å². The van der Waals surface area contributed by atoms with E-state index in [1.165, 1.54) is 76.0 Å². The van der Waals surface area contributed by atoms with Gasteiger partial charge in [0.2, 0.25) is 23.6 Å². The maximum atomic E-state index is 14.6. The van der Waals surface area contributed by atoms with E-state index in [2.05, 4.69) is 10.6 Å². The number of fused-ring (bicyclic) bond motifs is 10. The van der Waals surface area contributed by atoms with Gasteiger partial charge in [0.25, 0.3) is 0 Å². The third-order valence-electron chi connectivity index (χ3n) is 21.4. The second kappa shape index (κ2) is 34.1. The Bertz CT molecular complexity index is 3540. The largest absolute Gasteiger partial charge is 0.495 e. The minimum Gasteiger partial charge on any atom is -0.495 e. The van der Waals surface area contributed by atoms with Crippen LogP contribution < -0.4 is 29.9 Å². The van der Waals surface area contributed by atoms with Crippen LogP contribution in [0.4, 0.5) is 21.0 Å². The molecule has 8 bridgehead atoms. The Balaban J connectivity index is 0.894. The molecule has 2 aromatic carbocycles. The van der Waals surface area contributed by atoms with Crippen LogP contribution in [-0.2, 0) is 79.5 Å². The van der Waals surface area contributed by atoms with Crippen molar-refractivity contribution >= 4 is 104 Å². The quantitative estimate of drug-likeness (QED) is 0.0439. The van der Waals surface area contributed by atoms with Crippen LogP contribution in [0.5, 0.6) is 11.5 Å². The summed E-state index contributed by atoms with van der Waals surface area (Å²) in [5.41, 5.74) is -2.48. The zero-order chi connectivity index (χ0) is 78.7. The van der Waals surface area contributed by atoms with Crippen molar-refractivity contribution < 1.29 is 95.9 Å². The van der Waals surface area contributed by atoms with Crippen LogP contribution in [0, 0.1) is 11.8 Å². The molecule has 0 aromatic heterocycles. The van der Waals surface area contributed by atoms with Gasteiger partial charge in [0.1, 0.15) is 81.5 Å². The van der Waals surface area contributed by atoms with Gasteiger partial charge in [-0.1, -0.05) is 106 Å². The summed E-state index contributed by atoms with van der Waals surface area (Å²) < 4.78 is 58.6. The van der Waals surface area contributed by atoms with Gasteiger partial charge >= 0.3 is 24.1 Å². The van der Waals surface area contributed by atoms with Crippen molar-refractivity contribution in [3.63, 3.8) is 0 Å². The molecule has 106 heavy (non-hydrogen) atoms. The molecule has 8 rings (SSSR count). The molecule has 6 heterocycles. The molecule has 4 N–H and O–H groups in total. The smallest absolute Gasteiger partial charge is 0.409 e. The molecule has 4 fully saturated rings. The number of anilines is 2. The Morgan fingerprint density at radius 1 is 0.632 bits per heavy atom. The zero-order valence-corrected chi connectivity index (χ0v) is 67.5. The maximum absolute atomic E-state index is 14.6. The van der Waals surface area contributed by atoms with Gasteiger partial charge in [-0.25, -0.2) is 19.2 Å². The summed E-state index contributed by atoms with van der Waals surface area (Å²) in [6.07, 6.45) is 1.41. The first-order valence-electron chi connectivity index (χ1n) is 35.5. The molecule has 0 radical (unpaired) electrons. The zero-order valence-electron chi connectivity index (χ0n) is 64.4. The number of benzene rings is 2. The summed E-state index contributed by atoms with van der Waals surface area (Å²) in [6, 6.07) is 4.82. The van der Waals surface area contributed by atoms with Gasteiger partial charge in [0.15, 0.2) is 11.4 Å². The number of hydrogen-bond donors (Lipinski definition) is 4. The minimum atomic E-state index is -1.90. The van der Waals surface area contributed by atoms with Crippen molar-refractivity contribution in [2.45, 2.75) is 240 Å². The van der Waals surface area contributed by atoms with Crippen LogP contribution in [0.1, 0.15) is 146 Å². The highest BCUT2D eigenvalue weighted by Gasteiger charge is 2.66. The standard InChI is InChI=1S/C76H106Cl2N6O20S2/c1-41-23-21-25-55(97-19)75(93)39-53(99-69(91)79-75)43(3)65-73(11,103-65)57(37-61(87)83(15)49-33-47(31-41)35-51(95-17)63(49)77)101-67(89)45(5)81(13)59(85)27-29-71(7,8)105-106-72(9,10)30-28-60(86)82(14)46(6)68(90)102-58-38-62(88)84(16)50-34-48(36-52(96-18)64(50)78)32-42(2)24-22-26-56(98-20)76(94)40-54(100-70(92)80-76)44(4)66-74(58,12)104-66/h21-26,33-36,43-46,53-58,65-66,93-94H,27-32,37-40H2,1-20H3,(H,79,91)(H,80,92)/b25-21+,26-22+,41-23-,42-24+/t43-,44-,45+,46+,53+,54+,55-,56-,57+,58+,65+,66+,73+,74+,75+,76+/m1/s1. The maximum Gasteiger partial charge on any atom is 0.409 e. The number of nitrogens with one attached hydrogen (secondary N) is 2. The number of epoxide rings is 2. The first kappa shape index (κ1) is 85.0. The first-order chi connectivity index (χ1) is 49.5. The molecule has 0 saturated carbocycles. The monoisotopic (exact) mass is 1560 g/mol. The number of esters is 2. The van der Waals surface area contributed by atoms with Crippen LogP contribution in [0.25, 0.3) is 0 Å². The van der Waals surface area contributed by atoms with Crippen LogP contribution in [-0.4, -0.2) is 217 Å². The SMILES string of the molecule is COc1cc2cc(c1Cl)N(C)C(=O)C[C@H](OC(=O)[C@H](C)N(C)C(=O)CCC(C)(C)SSC(C)(C)CCC(=O)N(C)[C@@H](C)C(=O)O[C@H]1CC(=O)N(C)c3cc(cc(OC)c3Cl)C/C(C)=C/C=C/[C@@H](OC)[C@@]3(O)C[C@H](OC(=O)N3)[C@@H](C)[C@@H]3O[C@@]13C)[C@]1(C)O[C@H]1[C@H](C)[C@@H]1C[C@@](O)(NC(=O)O1)[C@H](OC)/C=C/C=C(/C)C2. The Hall–Kier alpha value is -6.60. The highest BCUT2D eigenvalue weighted by molar-refractivity contribution is 8.77. The van der Waals surface area contributed by atoms with Gasteiger partial charge in [-0.2, -0.15) is 0 Å². The topological polar surface area (TPSA) is 313 Å². The van der Waals surface area contributed by atoms with Crippen LogP contribution in [0.15, 0.2) is 71.9 Å². The summed E-state index contributed by atoms with van der Waals surface area (Å²) in [7, 11) is 15.0. The lowest BCUT2D eigenvalue weighted by molar-refractivity contribution is -0.162. The number of amides is 6. The van der Waals surface area contributed by atoms with Crippen molar-refractivity contribution in [1.29, 1.82) is 0 Å². The number of hydrogen-bond acceptors (Lipinski definition) is 22. The fraction of sp³-hybridized carbons (Fsp3) is 0.632. The van der Waals surface area contributed by atoms with Crippen molar-refractivity contribution in [2.75, 3.05) is 66.4 Å². The average Bonchev–Trinajstić information content (AvgIpc) is 1.57. The third-order valence-corrected chi connectivity index (χ3v) is 26.5. The van der Waals surface area contributed by atoms with E-state index >= 15 is 0 Å². The molecule has 586 valence electrons. The Labute approximate surface area is 639 Å². The van der Waals surface area contributed by atoms with E-state index in [0.29, 0.717) is 48.6 Å². The van der Waals surface area contributed by atoms with Crippen molar-refractivity contribution in [1.82, 2.24) is 20.4 Å². The summed E-state index contributed by atoms with van der Waals surface area (Å²) in [6.45, 7) is 21.8. The number of carbonyl (C=O) groups is 8. The fourth-order valence-corrected chi connectivity index (χ4v) is 17.2. The minimum absolute atomic E-state index is 0.0380. The molecule has 2 aromatic rings. The molecular formula is C76H106Cl2N6O20S2. The molecule has 6 amide bonds. The lowest BCUT2D eigenvalue weighted by Gasteiger charge is -2.42. The lowest BCUT2D eigenvalue weighted by Crippen LogP contribution is -2.63. The molecule has 0 unspecified atom stereocenters. The van der Waals surface area contributed by atoms with E-state index in [4.69, 9.17) is 70.6 Å². The molecule has 0 spiro atoms. The highest BCUT2D eigenvalue weighted by atomic mass is 35.5. The summed E-state index contributed by atoms with van der Waals surface area (Å²) >= 11 is 13.8. The summed E-state index contributed by atoms with van der Waals surface area (Å²) in [5.74, 6) is -3.88. The van der Waals surface area contributed by atoms with Gasteiger partial charge in [-0.3, -0.25) is 29.8 Å². The second-order valence-corrected chi connectivity index (χ2v) is 34.8. The molecule has 6 aliphatic rings. The van der Waals surface area contributed by atoms with Gasteiger partial charge in [-0.05, 0) is 130 Å². The Morgan fingerprint density at radius 3 is 1.31 bits per heavy atom. The number of alkyl carbamates (subject to hydrolysis) is 2. The Morgan fingerprint density at radius 2 is 0.981 bits per heavy atom. The lowest BCUT2D eigenvalue weighted by atomic mass is 9.83. The number of methoxy groups -OCH3 is 4. The summed E-state index contributed by atoms with van der Waals surface area (Å²) in [5, 5.41) is 29.4. The molecule has 26 nitrogen and oxygen atoms in total. The van der Waals surface area contributed by atoms with Gasteiger partial charge in [0.05, 0.1) is 50.6 Å². The van der Waals surface area contributed by atoms with Crippen LogP contribution in [0.3, 0.4) is 0 Å². The number of carbonyl (C=O) groups excluding carboxylic acids is 8. The molecule has 0 aliphatic carbocycles. The molecular weight excluding hydrogens is 1450 g/mol. The number of nitrogens with zero attached hydrogens (tertiary/aromatic N) is 4. The van der Waals surface area contributed by atoms with E-state index in [1.54, 1.807) is 112 Å². The van der Waals surface area contributed by atoms with Crippen LogP contribution in [0.2, 0.25) is 10.0 Å². The van der Waals surface area contributed by atoms with Crippen molar-refractivity contribution in [2.24, 2.45) is 11.8 Å². The third kappa shape index (κ3) is 19.7. The van der Waals surface area contributed by atoms with Gasteiger partial charge < -0.3 is 77.2 Å². The predicted molar refractivity (Wildman–Crippen MR) is 404 cm³/mol. The second-order valence-electron chi connectivity index (χ2n) is 30.5. The average molecular weight is 1560 g/mol. The van der Waals surface area contributed by atoms with E-state index in [-0.39, 0.29) is 47.5 Å². The predicted octanol–water partition coefficient (Wildman–Crippen LogP) is 10.5. The van der Waals surface area contributed by atoms with Crippen molar-refractivity contribution in [3.8, 4) is 11.5 Å². The number of aliphatic hydroxyl groups is 2. The fourth-order valence-electron chi connectivity index (χ4n) is 13.9. The molecule has 4 saturated heterocycles. The first-order valence-corrected chi connectivity index (χ1v) is 38.5.